The molecule has 0 atom stereocenters. The third kappa shape index (κ3) is 3.08. The number of benzene rings is 2. The molecule has 0 N–H and O–H groups in total. The van der Waals surface area contributed by atoms with Gasteiger partial charge in [0.05, 0.1) is 22.7 Å². The van der Waals surface area contributed by atoms with E-state index in [2.05, 4.69) is 26.8 Å². The van der Waals surface area contributed by atoms with Crippen molar-refractivity contribution in [1.29, 1.82) is 5.26 Å². The Labute approximate surface area is 145 Å². The number of halogens is 1. The summed E-state index contributed by atoms with van der Waals surface area (Å²) in [6.07, 6.45) is 0. The molecule has 0 radical (unpaired) electrons. The molecule has 128 valence electrons. The number of rotatable bonds is 2. The van der Waals surface area contributed by atoms with E-state index in [0.717, 1.165) is 11.0 Å². The maximum Gasteiger partial charge on any atom is 0.328 e. The van der Waals surface area contributed by atoms with E-state index in [1.165, 1.54) is 18.2 Å². The molecule has 0 spiro atoms. The number of aryl methyl sites for hydroxylation is 1. The highest BCUT2D eigenvalue weighted by Gasteiger charge is 2.18. The number of nitriles is 1. The van der Waals surface area contributed by atoms with Crippen molar-refractivity contribution < 1.29 is 4.39 Å². The van der Waals surface area contributed by atoms with E-state index in [1.807, 2.05) is 18.2 Å². The van der Waals surface area contributed by atoms with Crippen LogP contribution in [-0.2, 0) is 13.6 Å². The molecule has 0 bridgehead atoms. The van der Waals surface area contributed by atoms with Crippen LogP contribution in [-0.4, -0.2) is 9.13 Å². The van der Waals surface area contributed by atoms with Crippen molar-refractivity contribution in [3.8, 4) is 17.2 Å². The summed E-state index contributed by atoms with van der Waals surface area (Å²) >= 11 is 0. The van der Waals surface area contributed by atoms with Gasteiger partial charge in [0.2, 0.25) is 0 Å². The SMILES string of the molecule is Cn1c(=O)n(CC(C)(C)C)c2ccc(-c3cc(F)ccc3C#N)cc21. The Morgan fingerprint density at radius 2 is 1.84 bits per heavy atom. The van der Waals surface area contributed by atoms with Crippen LogP contribution in [0.15, 0.2) is 41.2 Å². The molecule has 0 amide bonds. The van der Waals surface area contributed by atoms with E-state index >= 15 is 0 Å². The van der Waals surface area contributed by atoms with E-state index in [-0.39, 0.29) is 11.1 Å². The Bertz CT molecular complexity index is 1060. The molecule has 0 aliphatic heterocycles. The zero-order valence-corrected chi connectivity index (χ0v) is 14.8. The first kappa shape index (κ1) is 17.0. The lowest BCUT2D eigenvalue weighted by atomic mass is 9.96. The maximum absolute atomic E-state index is 13.6. The van der Waals surface area contributed by atoms with Crippen molar-refractivity contribution in [3.05, 3.63) is 58.3 Å². The van der Waals surface area contributed by atoms with E-state index in [0.29, 0.717) is 23.2 Å². The van der Waals surface area contributed by atoms with Gasteiger partial charge in [0.25, 0.3) is 0 Å². The first-order valence-electron chi connectivity index (χ1n) is 8.10. The van der Waals surface area contributed by atoms with Crippen molar-refractivity contribution >= 4 is 11.0 Å². The average Bonchev–Trinajstić information content (AvgIpc) is 2.78. The van der Waals surface area contributed by atoms with Gasteiger partial charge in [-0.1, -0.05) is 26.8 Å². The summed E-state index contributed by atoms with van der Waals surface area (Å²) in [5.74, 6) is -0.395. The molecular formula is C20H20FN3O. The molecular weight excluding hydrogens is 317 g/mol. The van der Waals surface area contributed by atoms with E-state index in [9.17, 15) is 14.4 Å². The Hall–Kier alpha value is -2.87. The van der Waals surface area contributed by atoms with Crippen molar-refractivity contribution in [2.75, 3.05) is 0 Å². The average molecular weight is 337 g/mol. The molecule has 5 heteroatoms. The van der Waals surface area contributed by atoms with Gasteiger partial charge in [0.1, 0.15) is 5.82 Å². The van der Waals surface area contributed by atoms with E-state index in [1.54, 1.807) is 16.2 Å². The maximum atomic E-state index is 13.6. The Balaban J connectivity index is 2.24. The summed E-state index contributed by atoms with van der Waals surface area (Å²) in [4.78, 5) is 12.6. The molecule has 1 aromatic heterocycles. The zero-order chi connectivity index (χ0) is 18.4. The quantitative estimate of drug-likeness (QED) is 0.708. The number of hydrogen-bond acceptors (Lipinski definition) is 2. The van der Waals surface area contributed by atoms with Crippen molar-refractivity contribution in [3.63, 3.8) is 0 Å². The van der Waals surface area contributed by atoms with Gasteiger partial charge in [0, 0.05) is 19.2 Å². The van der Waals surface area contributed by atoms with Crippen LogP contribution in [0.3, 0.4) is 0 Å². The lowest BCUT2D eigenvalue weighted by molar-refractivity contribution is 0.342. The minimum Gasteiger partial charge on any atom is -0.295 e. The van der Waals surface area contributed by atoms with Crippen LogP contribution in [0.2, 0.25) is 0 Å². The summed E-state index contributed by atoms with van der Waals surface area (Å²) in [6.45, 7) is 6.85. The van der Waals surface area contributed by atoms with Crippen LogP contribution in [0.25, 0.3) is 22.2 Å². The zero-order valence-electron chi connectivity index (χ0n) is 14.8. The van der Waals surface area contributed by atoms with Crippen LogP contribution in [0.1, 0.15) is 26.3 Å². The van der Waals surface area contributed by atoms with Crippen LogP contribution >= 0.6 is 0 Å². The van der Waals surface area contributed by atoms with Gasteiger partial charge in [-0.15, -0.1) is 0 Å². The van der Waals surface area contributed by atoms with Crippen LogP contribution in [0.4, 0.5) is 4.39 Å². The highest BCUT2D eigenvalue weighted by atomic mass is 19.1. The van der Waals surface area contributed by atoms with Gasteiger partial charge in [0.15, 0.2) is 0 Å². The third-order valence-corrected chi connectivity index (χ3v) is 4.19. The van der Waals surface area contributed by atoms with Crippen LogP contribution in [0.5, 0.6) is 0 Å². The first-order chi connectivity index (χ1) is 11.7. The summed E-state index contributed by atoms with van der Waals surface area (Å²) < 4.78 is 17.0. The molecule has 3 aromatic rings. The number of imidazole rings is 1. The highest BCUT2D eigenvalue weighted by molar-refractivity contribution is 5.84. The molecule has 2 aromatic carbocycles. The van der Waals surface area contributed by atoms with Crippen molar-refractivity contribution in [2.45, 2.75) is 27.3 Å². The second kappa shape index (κ2) is 5.89. The molecule has 0 unspecified atom stereocenters. The van der Waals surface area contributed by atoms with Crippen molar-refractivity contribution in [2.24, 2.45) is 12.5 Å². The molecule has 1 heterocycles. The van der Waals surface area contributed by atoms with Crippen LogP contribution in [0, 0.1) is 22.6 Å². The number of aromatic nitrogens is 2. The minimum absolute atomic E-state index is 0.0344. The predicted molar refractivity (Wildman–Crippen MR) is 96.7 cm³/mol. The van der Waals surface area contributed by atoms with Crippen LogP contribution < -0.4 is 5.69 Å². The smallest absolute Gasteiger partial charge is 0.295 e. The van der Waals surface area contributed by atoms with Gasteiger partial charge in [-0.25, -0.2) is 9.18 Å². The van der Waals surface area contributed by atoms with E-state index < -0.39 is 5.82 Å². The second-order valence-electron chi connectivity index (χ2n) is 7.49. The minimum atomic E-state index is -0.395. The first-order valence-corrected chi connectivity index (χ1v) is 8.10. The van der Waals surface area contributed by atoms with Crippen molar-refractivity contribution in [1.82, 2.24) is 9.13 Å². The Kier molecular flexibility index (Phi) is 4.00. The molecule has 3 rings (SSSR count). The largest absolute Gasteiger partial charge is 0.328 e. The summed E-state index contributed by atoms with van der Waals surface area (Å²) in [6, 6.07) is 11.7. The van der Waals surface area contributed by atoms with E-state index in [4.69, 9.17) is 0 Å². The van der Waals surface area contributed by atoms with Gasteiger partial charge < -0.3 is 0 Å². The number of nitrogens with zero attached hydrogens (tertiary/aromatic N) is 3. The molecule has 0 aliphatic rings. The van der Waals surface area contributed by atoms with Gasteiger partial charge in [-0.2, -0.15) is 5.26 Å². The summed E-state index contributed by atoms with van der Waals surface area (Å²) in [5, 5.41) is 9.28. The molecule has 4 nitrogen and oxygen atoms in total. The molecule has 0 saturated heterocycles. The Morgan fingerprint density at radius 1 is 1.12 bits per heavy atom. The summed E-state index contributed by atoms with van der Waals surface area (Å²) in [7, 11) is 1.73. The Morgan fingerprint density at radius 3 is 2.48 bits per heavy atom. The molecule has 0 saturated carbocycles. The predicted octanol–water partition coefficient (Wildman–Crippen LogP) is 4.06. The summed E-state index contributed by atoms with van der Waals surface area (Å²) in [5.41, 5.74) is 3.13. The lowest BCUT2D eigenvalue weighted by Gasteiger charge is -2.18. The molecule has 0 fully saturated rings. The van der Waals surface area contributed by atoms with Gasteiger partial charge in [-0.3, -0.25) is 9.13 Å². The molecule has 0 aliphatic carbocycles. The fraction of sp³-hybridized carbons (Fsp3) is 0.300. The number of fused-ring (bicyclic) bond motifs is 1. The fourth-order valence-electron chi connectivity index (χ4n) is 3.05. The third-order valence-electron chi connectivity index (χ3n) is 4.19. The number of hydrogen-bond donors (Lipinski definition) is 0. The lowest BCUT2D eigenvalue weighted by Crippen LogP contribution is -2.27. The monoisotopic (exact) mass is 337 g/mol. The second-order valence-corrected chi connectivity index (χ2v) is 7.49. The van der Waals surface area contributed by atoms with Gasteiger partial charge in [-0.05, 0) is 41.3 Å². The fourth-order valence-corrected chi connectivity index (χ4v) is 3.05. The van der Waals surface area contributed by atoms with Gasteiger partial charge >= 0.3 is 5.69 Å². The normalized spacial score (nSPS) is 11.7. The molecule has 25 heavy (non-hydrogen) atoms. The standard InChI is InChI=1S/C20H20FN3O/c1-20(2,3)12-24-17-8-6-13(9-18(17)23(4)19(24)25)16-10-15(21)7-5-14(16)11-22/h5-10H,12H2,1-4H3. The highest BCUT2D eigenvalue weighted by Crippen LogP contribution is 2.28. The topological polar surface area (TPSA) is 50.7 Å².